The standard InChI is InChI=1S/C7H6Cl3NO3S2/c1-15(12,11-16(10,13)14)5-2-3-6(8)7(9)4-5/h2-4H,1H3/t15-/m0/s1. The lowest BCUT2D eigenvalue weighted by molar-refractivity contribution is 0.611. The summed E-state index contributed by atoms with van der Waals surface area (Å²) in [6, 6.07) is 4.07. The van der Waals surface area contributed by atoms with Gasteiger partial charge in [0.1, 0.15) is 0 Å². The summed E-state index contributed by atoms with van der Waals surface area (Å²) in [5.74, 6) is 0. The van der Waals surface area contributed by atoms with Crippen molar-refractivity contribution in [1.29, 1.82) is 0 Å². The van der Waals surface area contributed by atoms with Gasteiger partial charge in [-0.05, 0) is 18.2 Å². The van der Waals surface area contributed by atoms with Gasteiger partial charge in [-0.2, -0.15) is 8.42 Å². The number of nitrogens with zero attached hydrogens (tertiary/aromatic N) is 1. The molecule has 9 heteroatoms. The molecule has 4 nitrogen and oxygen atoms in total. The molecule has 90 valence electrons. The van der Waals surface area contributed by atoms with Crippen LogP contribution in [0, 0.1) is 0 Å². The number of benzene rings is 1. The molecule has 1 rings (SSSR count). The number of hydrogen-bond donors (Lipinski definition) is 0. The third-order valence-corrected chi connectivity index (χ3v) is 5.78. The van der Waals surface area contributed by atoms with Gasteiger partial charge < -0.3 is 0 Å². The zero-order chi connectivity index (χ0) is 12.6. The van der Waals surface area contributed by atoms with E-state index in [1.165, 1.54) is 18.2 Å². The Morgan fingerprint density at radius 3 is 2.12 bits per heavy atom. The molecule has 0 bridgehead atoms. The summed E-state index contributed by atoms with van der Waals surface area (Å²) in [5.41, 5.74) is 0. The van der Waals surface area contributed by atoms with Crippen LogP contribution in [0.5, 0.6) is 0 Å². The summed E-state index contributed by atoms with van der Waals surface area (Å²) in [6.45, 7) is 0. The minimum Gasteiger partial charge on any atom is -0.244 e. The van der Waals surface area contributed by atoms with Gasteiger partial charge in [-0.15, -0.1) is 0 Å². The second-order valence-corrected chi connectivity index (χ2v) is 8.35. The first-order valence-electron chi connectivity index (χ1n) is 3.75. The second kappa shape index (κ2) is 4.70. The van der Waals surface area contributed by atoms with Gasteiger partial charge in [0.2, 0.25) is 0 Å². The minimum absolute atomic E-state index is 0.145. The zero-order valence-corrected chi connectivity index (χ0v) is 11.8. The molecule has 0 aliphatic carbocycles. The average Bonchev–Trinajstić information content (AvgIpc) is 2.05. The molecule has 0 fully saturated rings. The molecule has 0 unspecified atom stereocenters. The third-order valence-electron chi connectivity index (χ3n) is 1.56. The molecular weight excluding hydrogens is 317 g/mol. The van der Waals surface area contributed by atoms with Crippen molar-refractivity contribution in [1.82, 2.24) is 0 Å². The van der Waals surface area contributed by atoms with Crippen LogP contribution in [0.25, 0.3) is 0 Å². The smallest absolute Gasteiger partial charge is 0.244 e. The summed E-state index contributed by atoms with van der Waals surface area (Å²) in [5, 5.41) is 0.435. The summed E-state index contributed by atoms with van der Waals surface area (Å²) in [7, 11) is -2.45. The molecule has 16 heavy (non-hydrogen) atoms. The van der Waals surface area contributed by atoms with Crippen LogP contribution in [0.3, 0.4) is 0 Å². The Bertz CT molecular complexity index is 632. The van der Waals surface area contributed by atoms with Gasteiger partial charge in [-0.3, -0.25) is 0 Å². The Morgan fingerprint density at radius 2 is 1.69 bits per heavy atom. The fraction of sp³-hybridized carbons (Fsp3) is 0.143. The van der Waals surface area contributed by atoms with Crippen LogP contribution in [-0.4, -0.2) is 18.9 Å². The third kappa shape index (κ3) is 3.78. The van der Waals surface area contributed by atoms with E-state index in [0.717, 1.165) is 6.26 Å². The molecule has 1 atom stereocenters. The monoisotopic (exact) mass is 321 g/mol. The van der Waals surface area contributed by atoms with E-state index in [1.807, 2.05) is 0 Å². The molecule has 0 heterocycles. The highest BCUT2D eigenvalue weighted by atomic mass is 35.7. The van der Waals surface area contributed by atoms with E-state index < -0.39 is 19.0 Å². The van der Waals surface area contributed by atoms with Gasteiger partial charge >= 0.3 is 9.24 Å². The van der Waals surface area contributed by atoms with Crippen LogP contribution >= 0.6 is 33.9 Å². The van der Waals surface area contributed by atoms with Gasteiger partial charge in [0.15, 0.2) is 0 Å². The van der Waals surface area contributed by atoms with Crippen molar-refractivity contribution < 1.29 is 12.6 Å². The van der Waals surface area contributed by atoms with Crippen molar-refractivity contribution in [2.24, 2.45) is 3.77 Å². The number of rotatable bonds is 2. The van der Waals surface area contributed by atoms with Crippen LogP contribution in [0.1, 0.15) is 0 Å². The maximum atomic E-state index is 11.9. The Balaban J connectivity index is 3.46. The number of hydrogen-bond acceptors (Lipinski definition) is 3. The topological polar surface area (TPSA) is 63.6 Å². The van der Waals surface area contributed by atoms with Crippen LogP contribution in [0.4, 0.5) is 0 Å². The molecule has 0 spiro atoms. The van der Waals surface area contributed by atoms with Gasteiger partial charge in [-0.25, -0.2) is 4.21 Å². The molecule has 0 aliphatic heterocycles. The van der Waals surface area contributed by atoms with Crippen molar-refractivity contribution >= 4 is 52.9 Å². The number of halogens is 3. The normalized spacial score (nSPS) is 15.5. The summed E-state index contributed by atoms with van der Waals surface area (Å²) in [6.07, 6.45) is 1.15. The Labute approximate surface area is 108 Å². The van der Waals surface area contributed by atoms with E-state index in [9.17, 15) is 12.6 Å². The highest BCUT2D eigenvalue weighted by Crippen LogP contribution is 2.26. The Morgan fingerprint density at radius 1 is 1.12 bits per heavy atom. The van der Waals surface area contributed by atoms with Crippen molar-refractivity contribution in [2.45, 2.75) is 4.90 Å². The lowest BCUT2D eigenvalue weighted by atomic mass is 10.4. The SMILES string of the molecule is C[S@@](=O)(=NS(=O)(=O)Cl)c1ccc(Cl)c(Cl)c1. The first-order valence-corrected chi connectivity index (χ1v) is 8.69. The first kappa shape index (κ1) is 14.1. The molecule has 0 saturated carbocycles. The maximum absolute atomic E-state index is 11.9. The van der Waals surface area contributed by atoms with Crippen LogP contribution < -0.4 is 0 Å². The van der Waals surface area contributed by atoms with E-state index in [2.05, 4.69) is 3.77 Å². The molecule has 0 aliphatic rings. The largest absolute Gasteiger partial charge is 0.347 e. The second-order valence-electron chi connectivity index (χ2n) is 2.87. The zero-order valence-electron chi connectivity index (χ0n) is 7.85. The summed E-state index contributed by atoms with van der Waals surface area (Å²) < 4.78 is 36.4. The van der Waals surface area contributed by atoms with Gasteiger partial charge in [0, 0.05) is 21.8 Å². The molecule has 1 aromatic rings. The van der Waals surface area contributed by atoms with Crippen molar-refractivity contribution in [3.63, 3.8) is 0 Å². The van der Waals surface area contributed by atoms with E-state index in [-0.39, 0.29) is 14.9 Å². The van der Waals surface area contributed by atoms with Crippen molar-refractivity contribution in [3.8, 4) is 0 Å². The van der Waals surface area contributed by atoms with Crippen molar-refractivity contribution in [2.75, 3.05) is 6.26 Å². The molecule has 0 saturated heterocycles. The Kier molecular flexibility index (Phi) is 4.13. The molecular formula is C7H6Cl3NO3S2. The predicted octanol–water partition coefficient (Wildman–Crippen LogP) is 2.93. The molecule has 0 radical (unpaired) electrons. The van der Waals surface area contributed by atoms with E-state index in [1.54, 1.807) is 0 Å². The van der Waals surface area contributed by atoms with Crippen LogP contribution in [0.15, 0.2) is 26.9 Å². The fourth-order valence-electron chi connectivity index (χ4n) is 0.925. The van der Waals surface area contributed by atoms with E-state index >= 15 is 0 Å². The average molecular weight is 323 g/mol. The molecule has 0 N–H and O–H groups in total. The van der Waals surface area contributed by atoms with E-state index in [0.29, 0.717) is 0 Å². The predicted molar refractivity (Wildman–Crippen MR) is 66.0 cm³/mol. The fourth-order valence-corrected chi connectivity index (χ4v) is 4.62. The van der Waals surface area contributed by atoms with Gasteiger partial charge in [0.25, 0.3) is 0 Å². The van der Waals surface area contributed by atoms with Gasteiger partial charge in [-0.1, -0.05) is 27.0 Å². The van der Waals surface area contributed by atoms with Crippen molar-refractivity contribution in [3.05, 3.63) is 28.2 Å². The molecule has 1 aromatic carbocycles. The lowest BCUT2D eigenvalue weighted by Gasteiger charge is -2.04. The van der Waals surface area contributed by atoms with E-state index in [4.69, 9.17) is 33.9 Å². The van der Waals surface area contributed by atoms with Crippen LogP contribution in [0.2, 0.25) is 10.0 Å². The quantitative estimate of drug-likeness (QED) is 0.786. The lowest BCUT2D eigenvalue weighted by Crippen LogP contribution is -2.00. The van der Waals surface area contributed by atoms with Crippen LogP contribution in [-0.2, 0) is 19.0 Å². The highest BCUT2D eigenvalue weighted by molar-refractivity contribution is 8.17. The highest BCUT2D eigenvalue weighted by Gasteiger charge is 2.13. The molecule has 0 aromatic heterocycles. The minimum atomic E-state index is -4.21. The maximum Gasteiger partial charge on any atom is 0.347 e. The Hall–Kier alpha value is -0.0100. The summed E-state index contributed by atoms with van der Waals surface area (Å²) in [4.78, 5) is 0.145. The summed E-state index contributed by atoms with van der Waals surface area (Å²) >= 11 is 11.4. The van der Waals surface area contributed by atoms with Gasteiger partial charge in [0.05, 0.1) is 19.8 Å². The molecule has 0 amide bonds. The first-order chi connectivity index (χ1) is 7.12.